The van der Waals surface area contributed by atoms with Crippen LogP contribution < -0.4 is 0 Å². The van der Waals surface area contributed by atoms with Gasteiger partial charge in [0, 0.05) is 32.7 Å². The first-order valence-electron chi connectivity index (χ1n) is 6.20. The summed E-state index contributed by atoms with van der Waals surface area (Å²) in [5.74, 6) is 1.97. The average Bonchev–Trinajstić information content (AvgIpc) is 2.70. The van der Waals surface area contributed by atoms with Crippen LogP contribution in [0.15, 0.2) is 0 Å². The molecule has 15 heavy (non-hydrogen) atoms. The molecule has 0 spiro atoms. The van der Waals surface area contributed by atoms with Crippen LogP contribution in [0.4, 0.5) is 0 Å². The van der Waals surface area contributed by atoms with Crippen molar-refractivity contribution in [1.82, 2.24) is 0 Å². The van der Waals surface area contributed by atoms with Crippen molar-refractivity contribution >= 4 is 0 Å². The number of hydrogen-bond donors (Lipinski definition) is 0. The van der Waals surface area contributed by atoms with Crippen LogP contribution >= 0.6 is 0 Å². The molecule has 1 atom stereocenters. The third-order valence-corrected chi connectivity index (χ3v) is 3.07. The van der Waals surface area contributed by atoms with Crippen LogP contribution in [0, 0.1) is 25.7 Å². The minimum absolute atomic E-state index is 0. The molecular formula is C14H30Y-2. The van der Waals surface area contributed by atoms with Gasteiger partial charge in [-0.3, -0.25) is 0 Å². The summed E-state index contributed by atoms with van der Waals surface area (Å²) in [4.78, 5) is 0. The van der Waals surface area contributed by atoms with Crippen LogP contribution in [-0.2, 0) is 32.7 Å². The van der Waals surface area contributed by atoms with E-state index in [4.69, 9.17) is 0 Å². The third kappa shape index (κ3) is 10.0. The van der Waals surface area contributed by atoms with Crippen LogP contribution in [0.2, 0.25) is 0 Å². The van der Waals surface area contributed by atoms with Crippen molar-refractivity contribution in [3.05, 3.63) is 13.8 Å². The van der Waals surface area contributed by atoms with Crippen molar-refractivity contribution in [2.24, 2.45) is 11.8 Å². The molecule has 1 unspecified atom stereocenters. The zero-order valence-electron chi connectivity index (χ0n) is 11.6. The van der Waals surface area contributed by atoms with Gasteiger partial charge in [0.2, 0.25) is 0 Å². The molecule has 0 N–H and O–H groups in total. The number of rotatable bonds is 4. The van der Waals surface area contributed by atoms with E-state index >= 15 is 0 Å². The average molecular weight is 287 g/mol. The Morgan fingerprint density at radius 1 is 1.20 bits per heavy atom. The molecule has 1 heteroatoms. The first kappa shape index (κ1) is 21.4. The van der Waals surface area contributed by atoms with Crippen LogP contribution in [0.1, 0.15) is 66.2 Å². The summed E-state index contributed by atoms with van der Waals surface area (Å²) in [5, 5.41) is 0. The predicted molar refractivity (Wildman–Crippen MR) is 68.1 cm³/mol. The molecule has 1 aliphatic rings. The molecule has 0 aromatic rings. The minimum atomic E-state index is 0. The molecule has 0 amide bonds. The largest absolute Gasteiger partial charge is 0.358 e. The van der Waals surface area contributed by atoms with E-state index in [1.807, 2.05) is 13.8 Å². The smallest absolute Gasteiger partial charge is 0 e. The second-order valence-corrected chi connectivity index (χ2v) is 3.84. The summed E-state index contributed by atoms with van der Waals surface area (Å²) in [6.07, 6.45) is 11.1. The maximum atomic E-state index is 2.54. The van der Waals surface area contributed by atoms with Crippen LogP contribution in [0.5, 0.6) is 0 Å². The Balaban J connectivity index is -0.000000339. The molecule has 1 saturated carbocycles. The van der Waals surface area contributed by atoms with Crippen molar-refractivity contribution < 1.29 is 32.7 Å². The predicted octanol–water partition coefficient (Wildman–Crippen LogP) is 5.29. The second kappa shape index (κ2) is 15.1. The normalized spacial score (nSPS) is 18.6. The minimum Gasteiger partial charge on any atom is -0.358 e. The molecular weight excluding hydrogens is 257 g/mol. The van der Waals surface area contributed by atoms with Crippen molar-refractivity contribution in [3.63, 3.8) is 0 Å². The van der Waals surface area contributed by atoms with Gasteiger partial charge in [-0.15, -0.1) is 0 Å². The molecule has 0 nitrogen and oxygen atoms in total. The fraction of sp³-hybridized carbons (Fsp3) is 0.857. The fourth-order valence-corrected chi connectivity index (χ4v) is 2.12. The molecule has 91 valence electrons. The van der Waals surface area contributed by atoms with E-state index in [0.29, 0.717) is 0 Å². The quantitative estimate of drug-likeness (QED) is 0.616. The van der Waals surface area contributed by atoms with E-state index in [-0.39, 0.29) is 40.1 Å². The standard InChI is InChI=1S/C11H21.C2H6.CH3.Y/c1-3-10(4-2)9-11-7-5-6-8-11;1-2;;/h7,10-11H,3-6,8-9H2,1-2H3;1-2H3;1H3;/q-1;;-1;. The summed E-state index contributed by atoms with van der Waals surface area (Å²) >= 11 is 0. The van der Waals surface area contributed by atoms with Gasteiger partial charge >= 0.3 is 0 Å². The van der Waals surface area contributed by atoms with E-state index in [1.165, 1.54) is 38.5 Å². The van der Waals surface area contributed by atoms with E-state index in [2.05, 4.69) is 20.3 Å². The summed E-state index contributed by atoms with van der Waals surface area (Å²) < 4.78 is 0. The van der Waals surface area contributed by atoms with Gasteiger partial charge in [0.15, 0.2) is 0 Å². The third-order valence-electron chi connectivity index (χ3n) is 3.07. The molecule has 0 aromatic carbocycles. The zero-order valence-corrected chi connectivity index (χ0v) is 14.4. The molecule has 1 rings (SSSR count). The molecule has 0 bridgehead atoms. The Labute approximate surface area is 124 Å². The topological polar surface area (TPSA) is 0 Å². The van der Waals surface area contributed by atoms with Gasteiger partial charge < -0.3 is 13.8 Å². The molecule has 1 radical (unpaired) electrons. The van der Waals surface area contributed by atoms with Gasteiger partial charge in [-0.25, -0.2) is 0 Å². The molecule has 1 fully saturated rings. The summed E-state index contributed by atoms with van der Waals surface area (Å²) in [6, 6.07) is 0. The van der Waals surface area contributed by atoms with Gasteiger partial charge in [0.05, 0.1) is 0 Å². The van der Waals surface area contributed by atoms with Gasteiger partial charge in [0.1, 0.15) is 0 Å². The Bertz CT molecular complexity index is 91.5. The van der Waals surface area contributed by atoms with Gasteiger partial charge in [0.25, 0.3) is 0 Å². The van der Waals surface area contributed by atoms with Crippen LogP contribution in [0.25, 0.3) is 0 Å². The van der Waals surface area contributed by atoms with Gasteiger partial charge in [-0.05, 0) is 5.92 Å². The van der Waals surface area contributed by atoms with Crippen molar-refractivity contribution in [1.29, 1.82) is 0 Å². The van der Waals surface area contributed by atoms with E-state index in [9.17, 15) is 0 Å². The van der Waals surface area contributed by atoms with E-state index < -0.39 is 0 Å². The van der Waals surface area contributed by atoms with E-state index in [1.54, 1.807) is 0 Å². The summed E-state index contributed by atoms with van der Waals surface area (Å²) in [7, 11) is 0. The second-order valence-electron chi connectivity index (χ2n) is 3.84. The zero-order chi connectivity index (χ0) is 10.1. The first-order chi connectivity index (χ1) is 6.36. The Kier molecular flexibility index (Phi) is 21.5. The molecule has 0 saturated heterocycles. The molecule has 1 aliphatic carbocycles. The fourth-order valence-electron chi connectivity index (χ4n) is 2.12. The van der Waals surface area contributed by atoms with Crippen LogP contribution in [0.3, 0.4) is 0 Å². The van der Waals surface area contributed by atoms with Crippen molar-refractivity contribution in [2.45, 2.75) is 66.2 Å². The van der Waals surface area contributed by atoms with Crippen LogP contribution in [-0.4, -0.2) is 0 Å². The van der Waals surface area contributed by atoms with Gasteiger partial charge in [-0.1, -0.05) is 59.8 Å². The Morgan fingerprint density at radius 3 is 2.07 bits per heavy atom. The van der Waals surface area contributed by atoms with E-state index in [0.717, 1.165) is 11.8 Å². The maximum Gasteiger partial charge on any atom is 0 e. The van der Waals surface area contributed by atoms with Crippen molar-refractivity contribution in [3.8, 4) is 0 Å². The molecule has 0 aromatic heterocycles. The molecule has 0 aliphatic heterocycles. The Morgan fingerprint density at radius 2 is 1.73 bits per heavy atom. The summed E-state index contributed by atoms with van der Waals surface area (Å²) in [5.41, 5.74) is 0. The first-order valence-corrected chi connectivity index (χ1v) is 6.20. The summed E-state index contributed by atoms with van der Waals surface area (Å²) in [6.45, 7) is 8.65. The SMILES string of the molecule is CC.CCC(CC)CC1[CH-]CCC1.[CH3-].[Y]. The van der Waals surface area contributed by atoms with Crippen molar-refractivity contribution in [2.75, 3.05) is 0 Å². The Hall–Kier alpha value is 1.10. The molecule has 0 heterocycles. The van der Waals surface area contributed by atoms with Gasteiger partial charge in [-0.2, -0.15) is 12.3 Å². The maximum absolute atomic E-state index is 2.54. The monoisotopic (exact) mass is 287 g/mol. The number of hydrogen-bond acceptors (Lipinski definition) is 0.